The summed E-state index contributed by atoms with van der Waals surface area (Å²) in [5.74, 6) is 0. The van der Waals surface area contributed by atoms with Crippen LogP contribution in [-0.2, 0) is 0 Å². The molecule has 0 unspecified atom stereocenters. The Morgan fingerprint density at radius 1 is 0.147 bits per heavy atom. The molecule has 3 aromatic heterocycles. The molecule has 3 heteroatoms. The van der Waals surface area contributed by atoms with Gasteiger partial charge in [-0.15, -0.1) is 0 Å². The lowest BCUT2D eigenvalue weighted by atomic mass is 9.85. The Hall–Kier alpha value is -17.0. The second-order valence-electron chi connectivity index (χ2n) is 33.3. The van der Waals surface area contributed by atoms with E-state index in [1.165, 1.54) is 158 Å². The molecular weight excluding hydrogens is 1560 g/mol. The van der Waals surface area contributed by atoms with Crippen LogP contribution in [0.2, 0.25) is 0 Å². The maximum Gasteiger partial charge on any atom is 0.143 e. The summed E-state index contributed by atoms with van der Waals surface area (Å²) >= 11 is 0. The van der Waals surface area contributed by atoms with Crippen LogP contribution in [0.25, 0.3) is 263 Å². The van der Waals surface area contributed by atoms with Crippen LogP contribution in [0, 0.1) is 0 Å². The van der Waals surface area contributed by atoms with E-state index in [-0.39, 0.29) is 29.7 Å². The van der Waals surface area contributed by atoms with Crippen molar-refractivity contribution in [2.24, 2.45) is 0 Å². The van der Waals surface area contributed by atoms with E-state index in [1.54, 1.807) is 0 Å². The van der Waals surface area contributed by atoms with Crippen LogP contribution in [0.15, 0.2) is 486 Å². The van der Waals surface area contributed by atoms with Crippen LogP contribution in [-0.4, -0.2) is 0 Å². The molecule has 0 aliphatic heterocycles. The van der Waals surface area contributed by atoms with Crippen molar-refractivity contribution >= 4 is 163 Å². The first kappa shape index (κ1) is 69.4. The molecule has 0 atom stereocenters. The topological polar surface area (TPSA) is 39.4 Å². The smallest absolute Gasteiger partial charge is 0.143 e. The maximum absolute atomic E-state index is 8.80. The third kappa shape index (κ3) is 12.6. The first-order valence-corrected chi connectivity index (χ1v) is 43.9. The molecule has 0 saturated carbocycles. The van der Waals surface area contributed by atoms with Gasteiger partial charge in [0.15, 0.2) is 0 Å². The minimum absolute atomic E-state index is 0.207. The van der Waals surface area contributed by atoms with Gasteiger partial charge in [0.1, 0.15) is 33.5 Å². The van der Waals surface area contributed by atoms with Crippen molar-refractivity contribution in [2.45, 2.75) is 0 Å². The number of furan rings is 3. The Morgan fingerprint density at radius 2 is 0.426 bits per heavy atom. The third-order valence-electron chi connectivity index (χ3n) is 26.3. The van der Waals surface area contributed by atoms with E-state index in [0.29, 0.717) is 5.56 Å². The van der Waals surface area contributed by atoms with Crippen LogP contribution in [0.5, 0.6) is 0 Å². The lowest BCUT2D eigenvalue weighted by molar-refractivity contribution is 0.669. The van der Waals surface area contributed by atoms with Crippen molar-refractivity contribution in [1.82, 2.24) is 0 Å². The van der Waals surface area contributed by atoms with Crippen LogP contribution in [0.4, 0.5) is 0 Å². The first-order chi connectivity index (χ1) is 66.1. The van der Waals surface area contributed by atoms with Gasteiger partial charge in [0.25, 0.3) is 0 Å². The molecule has 0 radical (unpaired) electrons. The summed E-state index contributed by atoms with van der Waals surface area (Å²) < 4.78 is 61.6. The molecular formula is C126H78O3. The van der Waals surface area contributed by atoms with Crippen molar-refractivity contribution in [3.63, 3.8) is 0 Å². The van der Waals surface area contributed by atoms with Crippen molar-refractivity contribution < 1.29 is 20.1 Å². The Balaban J connectivity index is 0.000000108. The van der Waals surface area contributed by atoms with Crippen LogP contribution >= 0.6 is 0 Å². The SMILES string of the molecule is [2H]c1c([2H])c([2H])c(-c2c3ccccc3c(-c3ccc(-c4cccc5c4oc4ccc6ccccc6c45)cc3)c3ccccc23)c([2H])c1[2H].c1ccc(-c2c3ccccc3c(-c3ccc(-c4ccc5oc6ccc7ccccc7c6c5c4)cc3)c3ccccc23)cc1.c1ccc(-c2c3ccccc3c(-c3ccc(-c4cccc5oc6ccc7ccccc7c6c45)cc3)c3ccccc23)cc1. The highest BCUT2D eigenvalue weighted by molar-refractivity contribution is 6.28. The van der Waals surface area contributed by atoms with E-state index in [9.17, 15) is 0 Å². The Labute approximate surface area is 751 Å². The molecule has 27 rings (SSSR count). The molecule has 0 amide bonds. The largest absolute Gasteiger partial charge is 0.456 e. The fourth-order valence-electron chi connectivity index (χ4n) is 20.6. The maximum atomic E-state index is 8.80. The van der Waals surface area contributed by atoms with Crippen molar-refractivity contribution in [3.05, 3.63) is 473 Å². The molecule has 129 heavy (non-hydrogen) atoms. The molecule has 0 aliphatic carbocycles. The summed E-state index contributed by atoms with van der Waals surface area (Å²) in [6, 6.07) is 155. The Bertz CT molecular complexity index is 9290. The predicted octanol–water partition coefficient (Wildman–Crippen LogP) is 36.1. The molecule has 0 spiro atoms. The summed E-state index contributed by atoms with van der Waals surface area (Å²) in [4.78, 5) is 0. The zero-order chi connectivity index (χ0) is 89.3. The lowest BCUT2D eigenvalue weighted by Gasteiger charge is -2.18. The molecule has 3 nitrogen and oxygen atoms in total. The van der Waals surface area contributed by atoms with Crippen molar-refractivity contribution in [3.8, 4) is 100 Å². The van der Waals surface area contributed by atoms with Gasteiger partial charge in [0, 0.05) is 37.9 Å². The zero-order valence-corrected chi connectivity index (χ0v) is 69.9. The average molecular weight is 1650 g/mol. The van der Waals surface area contributed by atoms with Gasteiger partial charge >= 0.3 is 0 Å². The van der Waals surface area contributed by atoms with Crippen molar-refractivity contribution in [2.75, 3.05) is 0 Å². The predicted molar refractivity (Wildman–Crippen MR) is 548 cm³/mol. The molecule has 3 heterocycles. The summed E-state index contributed by atoms with van der Waals surface area (Å²) in [6.07, 6.45) is 0. The molecule has 27 aromatic rings. The van der Waals surface area contributed by atoms with Crippen molar-refractivity contribution in [1.29, 1.82) is 0 Å². The van der Waals surface area contributed by atoms with E-state index < -0.39 is 6.04 Å². The van der Waals surface area contributed by atoms with Gasteiger partial charge in [-0.1, -0.05) is 437 Å². The number of rotatable bonds is 9. The third-order valence-corrected chi connectivity index (χ3v) is 26.3. The molecule has 0 N–H and O–H groups in total. The Morgan fingerprint density at radius 3 is 0.853 bits per heavy atom. The molecule has 0 bridgehead atoms. The molecule has 0 saturated heterocycles. The molecule has 0 fully saturated rings. The van der Waals surface area contributed by atoms with Gasteiger partial charge in [-0.25, -0.2) is 0 Å². The van der Waals surface area contributed by atoms with E-state index in [0.717, 1.165) is 93.5 Å². The van der Waals surface area contributed by atoms with E-state index in [4.69, 9.17) is 20.1 Å². The zero-order valence-electron chi connectivity index (χ0n) is 74.9. The minimum atomic E-state index is -0.397. The molecule has 24 aromatic carbocycles. The molecule has 600 valence electrons. The fourth-order valence-corrected chi connectivity index (χ4v) is 20.6. The van der Waals surface area contributed by atoms with Gasteiger partial charge < -0.3 is 13.3 Å². The van der Waals surface area contributed by atoms with Crippen LogP contribution < -0.4 is 0 Å². The van der Waals surface area contributed by atoms with Crippen LogP contribution in [0.3, 0.4) is 0 Å². The summed E-state index contributed by atoms with van der Waals surface area (Å²) in [5.41, 5.74) is 25.2. The summed E-state index contributed by atoms with van der Waals surface area (Å²) in [7, 11) is 0. The normalized spacial score (nSPS) is 12.3. The van der Waals surface area contributed by atoms with Gasteiger partial charge in [-0.3, -0.25) is 0 Å². The van der Waals surface area contributed by atoms with E-state index >= 15 is 0 Å². The monoisotopic (exact) mass is 1640 g/mol. The fraction of sp³-hybridized carbons (Fsp3) is 0. The average Bonchev–Trinajstić information content (AvgIpc) is 1.11. The number of para-hydroxylation sites is 1. The lowest BCUT2D eigenvalue weighted by Crippen LogP contribution is -1.90. The number of hydrogen-bond donors (Lipinski definition) is 0. The van der Waals surface area contributed by atoms with E-state index in [2.05, 4.69) is 394 Å². The highest BCUT2D eigenvalue weighted by Crippen LogP contribution is 2.51. The highest BCUT2D eigenvalue weighted by Gasteiger charge is 2.24. The van der Waals surface area contributed by atoms with Gasteiger partial charge in [-0.05, 0) is 228 Å². The van der Waals surface area contributed by atoms with Gasteiger partial charge in [-0.2, -0.15) is 0 Å². The van der Waals surface area contributed by atoms with Gasteiger partial charge in [0.05, 0.1) is 6.85 Å². The molecule has 0 aliphatic rings. The van der Waals surface area contributed by atoms with E-state index in [1.807, 2.05) is 48.5 Å². The number of benzene rings is 24. The highest BCUT2D eigenvalue weighted by atomic mass is 16.3. The summed E-state index contributed by atoms with van der Waals surface area (Å²) in [5, 5.41) is 27.9. The number of fused-ring (bicyclic) bond motifs is 21. The standard InChI is InChI=1S/3C42H26O/c1-2-12-29(13-3-1)39-33-15-6-8-17-35(33)40(36-18-9-7-16-34(36)39)30-23-21-28(22-24-30)32-19-10-20-37-41(32)42-31-14-5-4-11-27(31)25-26-38(42)43-37;1-2-12-29(13-3-1)39-33-15-6-8-17-35(33)40(36-18-9-7-16-34(36)39)30-23-21-28(22-24-30)32-19-10-20-37-41-31-14-5-4-11-27(31)25-26-38(41)43-42(32)37;1-2-11-29(12-3-1)40-33-14-6-8-16-35(33)41(36-17-9-7-15-34(36)40)30-20-18-27(19-21-30)31-23-24-38-37(26-31)42-32-13-5-4-10-28(32)22-25-39(42)43-38/h3*1-26H/i;1D,2D,3D,12D,13D;. The Kier molecular flexibility index (Phi) is 16.7. The van der Waals surface area contributed by atoms with Gasteiger partial charge in [0.2, 0.25) is 0 Å². The number of hydrogen-bond acceptors (Lipinski definition) is 3. The second-order valence-corrected chi connectivity index (χ2v) is 33.3. The minimum Gasteiger partial charge on any atom is -0.456 e. The summed E-state index contributed by atoms with van der Waals surface area (Å²) in [6.45, 7) is 0. The van der Waals surface area contributed by atoms with Crippen LogP contribution in [0.1, 0.15) is 6.85 Å². The quantitative estimate of drug-likeness (QED) is 0.135. The first-order valence-electron chi connectivity index (χ1n) is 46.4. The second kappa shape index (κ2) is 31.1.